The number of hydrogen-bond donors (Lipinski definition) is 0. The standard InChI is InChI=1S/C13H9F2NOS2/c14-8-3-4-10(9(15)6-8)16-12(17)7-19-13(16)11-2-1-5-18-11/h1-6,13H,7H2. The summed E-state index contributed by atoms with van der Waals surface area (Å²) in [5.41, 5.74) is 0.134. The molecular weight excluding hydrogens is 288 g/mol. The average Bonchev–Trinajstić information content (AvgIpc) is 2.99. The monoisotopic (exact) mass is 297 g/mol. The molecule has 2 aromatic rings. The van der Waals surface area contributed by atoms with Crippen molar-refractivity contribution in [2.45, 2.75) is 5.37 Å². The fourth-order valence-corrected chi connectivity index (χ4v) is 4.13. The summed E-state index contributed by atoms with van der Waals surface area (Å²) in [5, 5.41) is 1.69. The lowest BCUT2D eigenvalue weighted by Crippen LogP contribution is -2.28. The Balaban J connectivity index is 2.03. The third-order valence-electron chi connectivity index (χ3n) is 2.82. The lowest BCUT2D eigenvalue weighted by Gasteiger charge is -2.23. The van der Waals surface area contributed by atoms with Crippen molar-refractivity contribution in [2.24, 2.45) is 0 Å². The largest absolute Gasteiger partial charge is 0.291 e. The summed E-state index contributed by atoms with van der Waals surface area (Å²) >= 11 is 2.97. The first-order valence-corrected chi connectivity index (χ1v) is 7.52. The number of anilines is 1. The van der Waals surface area contributed by atoms with Crippen LogP contribution >= 0.6 is 23.1 Å². The number of thiophene rings is 1. The van der Waals surface area contributed by atoms with Gasteiger partial charge in [0.05, 0.1) is 11.4 Å². The van der Waals surface area contributed by atoms with E-state index in [1.807, 2.05) is 17.5 Å². The molecule has 1 atom stereocenters. The van der Waals surface area contributed by atoms with Crippen molar-refractivity contribution < 1.29 is 13.6 Å². The van der Waals surface area contributed by atoms with Crippen LogP contribution in [0.5, 0.6) is 0 Å². The lowest BCUT2D eigenvalue weighted by molar-refractivity contribution is -0.115. The highest BCUT2D eigenvalue weighted by molar-refractivity contribution is 8.01. The highest BCUT2D eigenvalue weighted by atomic mass is 32.2. The molecule has 1 aromatic carbocycles. The number of thioether (sulfide) groups is 1. The third-order valence-corrected chi connectivity index (χ3v) is 5.09. The lowest BCUT2D eigenvalue weighted by atomic mass is 10.2. The van der Waals surface area contributed by atoms with Crippen molar-refractivity contribution in [3.8, 4) is 0 Å². The molecule has 2 heterocycles. The van der Waals surface area contributed by atoms with Crippen LogP contribution in [0.2, 0.25) is 0 Å². The van der Waals surface area contributed by atoms with Gasteiger partial charge in [-0.1, -0.05) is 6.07 Å². The molecule has 1 unspecified atom stereocenters. The molecule has 0 aliphatic carbocycles. The number of rotatable bonds is 2. The van der Waals surface area contributed by atoms with Crippen LogP contribution in [0.15, 0.2) is 35.7 Å². The predicted octanol–water partition coefficient (Wildman–Crippen LogP) is 3.80. The minimum atomic E-state index is -0.711. The van der Waals surface area contributed by atoms with Crippen molar-refractivity contribution in [3.05, 3.63) is 52.2 Å². The number of halogens is 2. The number of carbonyl (C=O) groups is 1. The Hall–Kier alpha value is -1.40. The van der Waals surface area contributed by atoms with Crippen LogP contribution in [-0.4, -0.2) is 11.7 Å². The topological polar surface area (TPSA) is 20.3 Å². The van der Waals surface area contributed by atoms with E-state index >= 15 is 0 Å². The second-order valence-electron chi connectivity index (χ2n) is 4.04. The van der Waals surface area contributed by atoms with E-state index < -0.39 is 11.6 Å². The molecule has 1 aliphatic rings. The molecule has 6 heteroatoms. The van der Waals surface area contributed by atoms with E-state index in [9.17, 15) is 13.6 Å². The third kappa shape index (κ3) is 2.26. The Bertz CT molecular complexity index is 615. The maximum absolute atomic E-state index is 13.9. The molecule has 1 saturated heterocycles. The Morgan fingerprint density at radius 1 is 1.26 bits per heavy atom. The van der Waals surface area contributed by atoms with Crippen LogP contribution in [0.3, 0.4) is 0 Å². The number of nitrogens with zero attached hydrogens (tertiary/aromatic N) is 1. The quantitative estimate of drug-likeness (QED) is 0.840. The fourth-order valence-electron chi connectivity index (χ4n) is 2.00. The van der Waals surface area contributed by atoms with Gasteiger partial charge in [0.2, 0.25) is 5.91 Å². The molecule has 0 N–H and O–H groups in total. The van der Waals surface area contributed by atoms with Gasteiger partial charge in [0.15, 0.2) is 0 Å². The smallest absolute Gasteiger partial charge is 0.238 e. The molecule has 3 rings (SSSR count). The summed E-state index contributed by atoms with van der Waals surface area (Å²) in [4.78, 5) is 14.4. The summed E-state index contributed by atoms with van der Waals surface area (Å²) < 4.78 is 26.8. The van der Waals surface area contributed by atoms with Crippen LogP contribution in [0, 0.1) is 11.6 Å². The summed E-state index contributed by atoms with van der Waals surface area (Å²) in [6.07, 6.45) is 0. The Morgan fingerprint density at radius 2 is 2.11 bits per heavy atom. The molecule has 0 bridgehead atoms. The van der Waals surface area contributed by atoms with Crippen molar-refractivity contribution in [1.82, 2.24) is 0 Å². The zero-order valence-electron chi connectivity index (χ0n) is 9.68. The zero-order valence-corrected chi connectivity index (χ0v) is 11.3. The second kappa shape index (κ2) is 4.94. The van der Waals surface area contributed by atoms with E-state index in [0.717, 1.165) is 10.9 Å². The van der Waals surface area contributed by atoms with Gasteiger partial charge in [-0.3, -0.25) is 9.69 Å². The van der Waals surface area contributed by atoms with Gasteiger partial charge in [0.1, 0.15) is 17.0 Å². The van der Waals surface area contributed by atoms with E-state index in [2.05, 4.69) is 0 Å². The molecule has 19 heavy (non-hydrogen) atoms. The summed E-state index contributed by atoms with van der Waals surface area (Å²) in [7, 11) is 0. The summed E-state index contributed by atoms with van der Waals surface area (Å²) in [6, 6.07) is 7.09. The molecule has 1 amide bonds. The molecule has 1 fully saturated rings. The SMILES string of the molecule is O=C1CSC(c2cccs2)N1c1ccc(F)cc1F. The van der Waals surface area contributed by atoms with Gasteiger partial charge < -0.3 is 0 Å². The van der Waals surface area contributed by atoms with Gasteiger partial charge in [0.25, 0.3) is 0 Å². The van der Waals surface area contributed by atoms with E-state index in [4.69, 9.17) is 0 Å². The Morgan fingerprint density at radius 3 is 2.79 bits per heavy atom. The number of benzene rings is 1. The van der Waals surface area contributed by atoms with Gasteiger partial charge >= 0.3 is 0 Å². The average molecular weight is 297 g/mol. The van der Waals surface area contributed by atoms with Gasteiger partial charge in [-0.05, 0) is 23.6 Å². The van der Waals surface area contributed by atoms with Crippen molar-refractivity contribution in [1.29, 1.82) is 0 Å². The molecule has 2 nitrogen and oxygen atoms in total. The maximum Gasteiger partial charge on any atom is 0.238 e. The van der Waals surface area contributed by atoms with E-state index in [-0.39, 0.29) is 17.0 Å². The summed E-state index contributed by atoms with van der Waals surface area (Å²) in [6.45, 7) is 0. The highest BCUT2D eigenvalue weighted by Gasteiger charge is 2.36. The predicted molar refractivity (Wildman–Crippen MR) is 73.4 cm³/mol. The molecule has 0 spiro atoms. The molecule has 1 aromatic heterocycles. The van der Waals surface area contributed by atoms with Crippen molar-refractivity contribution in [3.63, 3.8) is 0 Å². The molecule has 98 valence electrons. The first-order chi connectivity index (χ1) is 9.16. The molecule has 0 radical (unpaired) electrons. The minimum Gasteiger partial charge on any atom is -0.291 e. The van der Waals surface area contributed by atoms with Gasteiger partial charge in [-0.2, -0.15) is 0 Å². The maximum atomic E-state index is 13.9. The number of carbonyl (C=O) groups excluding carboxylic acids is 1. The van der Waals surface area contributed by atoms with E-state index in [1.165, 1.54) is 40.1 Å². The first kappa shape index (κ1) is 12.6. The van der Waals surface area contributed by atoms with Crippen molar-refractivity contribution in [2.75, 3.05) is 10.7 Å². The van der Waals surface area contributed by atoms with Gasteiger partial charge in [-0.15, -0.1) is 23.1 Å². The Labute approximate surface area is 117 Å². The first-order valence-electron chi connectivity index (χ1n) is 5.59. The van der Waals surface area contributed by atoms with E-state index in [0.29, 0.717) is 5.75 Å². The molecule has 0 saturated carbocycles. The van der Waals surface area contributed by atoms with Crippen LogP contribution in [0.4, 0.5) is 14.5 Å². The summed E-state index contributed by atoms with van der Waals surface area (Å²) in [5.74, 6) is -1.21. The van der Waals surface area contributed by atoms with Crippen molar-refractivity contribution >= 4 is 34.7 Å². The van der Waals surface area contributed by atoms with Gasteiger partial charge in [-0.25, -0.2) is 8.78 Å². The van der Waals surface area contributed by atoms with Crippen LogP contribution in [-0.2, 0) is 4.79 Å². The molecular formula is C13H9F2NOS2. The number of amides is 1. The normalized spacial score (nSPS) is 19.2. The zero-order chi connectivity index (χ0) is 13.4. The number of hydrogen-bond acceptors (Lipinski definition) is 3. The fraction of sp³-hybridized carbons (Fsp3) is 0.154. The van der Waals surface area contributed by atoms with Gasteiger partial charge in [0, 0.05) is 10.9 Å². The highest BCUT2D eigenvalue weighted by Crippen LogP contribution is 2.43. The van der Waals surface area contributed by atoms with Crippen LogP contribution in [0.25, 0.3) is 0 Å². The van der Waals surface area contributed by atoms with Crippen LogP contribution in [0.1, 0.15) is 10.3 Å². The molecule has 1 aliphatic heterocycles. The second-order valence-corrected chi connectivity index (χ2v) is 6.09. The van der Waals surface area contributed by atoms with Crippen LogP contribution < -0.4 is 4.90 Å². The minimum absolute atomic E-state index is 0.134. The van der Waals surface area contributed by atoms with E-state index in [1.54, 1.807) is 0 Å². The Kier molecular flexibility index (Phi) is 3.28.